The molecule has 0 radical (unpaired) electrons. The normalized spacial score (nSPS) is 26.9. The van der Waals surface area contributed by atoms with Gasteiger partial charge in [-0.2, -0.15) is 0 Å². The van der Waals surface area contributed by atoms with Crippen molar-refractivity contribution in [3.05, 3.63) is 70.2 Å². The van der Waals surface area contributed by atoms with Crippen LogP contribution < -0.4 is 0 Å². The first-order valence-corrected chi connectivity index (χ1v) is 9.48. The summed E-state index contributed by atoms with van der Waals surface area (Å²) in [6.07, 6.45) is 6.82. The van der Waals surface area contributed by atoms with Gasteiger partial charge in [0.15, 0.2) is 5.78 Å². The van der Waals surface area contributed by atoms with Crippen LogP contribution in [0.15, 0.2) is 48.5 Å². The van der Waals surface area contributed by atoms with Crippen LogP contribution >= 0.6 is 11.6 Å². The zero-order valence-electron chi connectivity index (χ0n) is 13.9. The third-order valence-electron chi connectivity index (χ3n) is 6.03. The number of benzene rings is 2. The number of hydrogen-bond donors (Lipinski definition) is 0. The Morgan fingerprint density at radius 3 is 2.29 bits per heavy atom. The molecule has 0 heterocycles. The highest BCUT2D eigenvalue weighted by Gasteiger charge is 2.35. The Hall–Kier alpha value is -1.60. The standard InChI is InChI=1S/C22H23ClO/c23-19-12-9-16(10-13-19)15-5-7-18(8-6-15)21-14-11-17-3-1-2-4-20(17)22(21)24/h1-4,9-10,12-13,15,18,21H,5-8,11,14H2/t15?,18?,21-/m0/s1. The highest BCUT2D eigenvalue weighted by Crippen LogP contribution is 2.42. The largest absolute Gasteiger partial charge is 0.294 e. The number of carbonyl (C=O) groups excluding carboxylic acids is 1. The van der Waals surface area contributed by atoms with E-state index in [9.17, 15) is 4.79 Å². The predicted octanol–water partition coefficient (Wildman–Crippen LogP) is 6.06. The highest BCUT2D eigenvalue weighted by molar-refractivity contribution is 6.30. The molecule has 1 fully saturated rings. The minimum Gasteiger partial charge on any atom is -0.294 e. The van der Waals surface area contributed by atoms with Crippen molar-refractivity contribution >= 4 is 17.4 Å². The van der Waals surface area contributed by atoms with Crippen LogP contribution in [0.4, 0.5) is 0 Å². The molecule has 0 aromatic heterocycles. The van der Waals surface area contributed by atoms with Gasteiger partial charge in [-0.15, -0.1) is 0 Å². The summed E-state index contributed by atoms with van der Waals surface area (Å²) in [6, 6.07) is 16.5. The second-order valence-electron chi connectivity index (χ2n) is 7.33. The Labute approximate surface area is 149 Å². The molecule has 0 amide bonds. The van der Waals surface area contributed by atoms with E-state index in [2.05, 4.69) is 18.2 Å². The predicted molar refractivity (Wildman–Crippen MR) is 98.7 cm³/mol. The average Bonchev–Trinajstić information content (AvgIpc) is 2.63. The SMILES string of the molecule is O=C1c2ccccc2CC[C@H]1C1CCC(c2ccc(Cl)cc2)CC1. The van der Waals surface area contributed by atoms with E-state index in [1.54, 1.807) is 0 Å². The van der Waals surface area contributed by atoms with Gasteiger partial charge in [0, 0.05) is 16.5 Å². The van der Waals surface area contributed by atoms with E-state index < -0.39 is 0 Å². The first kappa shape index (κ1) is 15.9. The van der Waals surface area contributed by atoms with Gasteiger partial charge in [-0.05, 0) is 73.6 Å². The zero-order valence-corrected chi connectivity index (χ0v) is 14.6. The first-order chi connectivity index (χ1) is 11.7. The molecule has 0 saturated heterocycles. The van der Waals surface area contributed by atoms with Crippen LogP contribution in [0.2, 0.25) is 5.02 Å². The molecule has 0 aliphatic heterocycles. The maximum Gasteiger partial charge on any atom is 0.166 e. The molecule has 2 aliphatic rings. The smallest absolute Gasteiger partial charge is 0.166 e. The molecule has 0 N–H and O–H groups in total. The summed E-state index contributed by atoms with van der Waals surface area (Å²) in [4.78, 5) is 12.9. The molecule has 24 heavy (non-hydrogen) atoms. The summed E-state index contributed by atoms with van der Waals surface area (Å²) in [5.41, 5.74) is 3.63. The van der Waals surface area contributed by atoms with E-state index in [0.29, 0.717) is 17.6 Å². The molecule has 1 saturated carbocycles. The maximum atomic E-state index is 12.9. The van der Waals surface area contributed by atoms with E-state index in [0.717, 1.165) is 23.4 Å². The Morgan fingerprint density at radius 1 is 0.833 bits per heavy atom. The molecule has 0 bridgehead atoms. The van der Waals surface area contributed by atoms with Crippen molar-refractivity contribution in [2.75, 3.05) is 0 Å². The lowest BCUT2D eigenvalue weighted by molar-refractivity contribution is 0.0813. The highest BCUT2D eigenvalue weighted by atomic mass is 35.5. The van der Waals surface area contributed by atoms with E-state index >= 15 is 0 Å². The summed E-state index contributed by atoms with van der Waals surface area (Å²) in [7, 11) is 0. The summed E-state index contributed by atoms with van der Waals surface area (Å²) in [5.74, 6) is 1.83. The Balaban J connectivity index is 1.43. The fourth-order valence-electron chi connectivity index (χ4n) is 4.66. The molecule has 1 nitrogen and oxygen atoms in total. The zero-order chi connectivity index (χ0) is 16.5. The number of carbonyl (C=O) groups is 1. The number of fused-ring (bicyclic) bond motifs is 1. The van der Waals surface area contributed by atoms with Gasteiger partial charge >= 0.3 is 0 Å². The van der Waals surface area contributed by atoms with Crippen molar-refractivity contribution in [3.63, 3.8) is 0 Å². The monoisotopic (exact) mass is 338 g/mol. The van der Waals surface area contributed by atoms with Gasteiger partial charge in [0.2, 0.25) is 0 Å². The second-order valence-corrected chi connectivity index (χ2v) is 7.77. The molecule has 2 heteroatoms. The van der Waals surface area contributed by atoms with Gasteiger partial charge in [-0.25, -0.2) is 0 Å². The number of ketones is 1. The molecule has 2 aromatic rings. The second kappa shape index (κ2) is 6.72. The van der Waals surface area contributed by atoms with Crippen LogP contribution in [-0.2, 0) is 6.42 Å². The van der Waals surface area contributed by atoms with E-state index in [1.165, 1.54) is 36.8 Å². The molecule has 1 atom stereocenters. The minimum absolute atomic E-state index is 0.242. The maximum absolute atomic E-state index is 12.9. The van der Waals surface area contributed by atoms with Crippen molar-refractivity contribution in [3.8, 4) is 0 Å². The van der Waals surface area contributed by atoms with Crippen LogP contribution in [0.25, 0.3) is 0 Å². The molecular formula is C22H23ClO. The van der Waals surface area contributed by atoms with Crippen molar-refractivity contribution in [2.24, 2.45) is 11.8 Å². The summed E-state index contributed by atoms with van der Waals surface area (Å²) in [6.45, 7) is 0. The van der Waals surface area contributed by atoms with Gasteiger partial charge in [-0.3, -0.25) is 4.79 Å². The van der Waals surface area contributed by atoms with Crippen LogP contribution in [0.5, 0.6) is 0 Å². The van der Waals surface area contributed by atoms with Gasteiger partial charge in [-0.1, -0.05) is 48.0 Å². The lowest BCUT2D eigenvalue weighted by Gasteiger charge is -2.35. The van der Waals surface area contributed by atoms with Crippen LogP contribution in [0.3, 0.4) is 0 Å². The van der Waals surface area contributed by atoms with Crippen LogP contribution in [-0.4, -0.2) is 5.78 Å². The quantitative estimate of drug-likeness (QED) is 0.650. The van der Waals surface area contributed by atoms with E-state index in [4.69, 9.17) is 11.6 Å². The number of halogens is 1. The Bertz CT molecular complexity index is 726. The third kappa shape index (κ3) is 3.02. The topological polar surface area (TPSA) is 17.1 Å². The van der Waals surface area contributed by atoms with Gasteiger partial charge in [0.25, 0.3) is 0 Å². The summed E-state index contributed by atoms with van der Waals surface area (Å²) >= 11 is 6.00. The number of Topliss-reactive ketones (excluding diaryl/α,β-unsaturated/α-hetero) is 1. The molecule has 0 spiro atoms. The molecule has 0 unspecified atom stereocenters. The Kier molecular flexibility index (Phi) is 4.45. The van der Waals surface area contributed by atoms with Crippen molar-refractivity contribution < 1.29 is 4.79 Å². The Morgan fingerprint density at radius 2 is 1.54 bits per heavy atom. The number of aryl methyl sites for hydroxylation is 1. The lowest BCUT2D eigenvalue weighted by Crippen LogP contribution is -2.31. The number of hydrogen-bond acceptors (Lipinski definition) is 1. The summed E-state index contributed by atoms with van der Waals surface area (Å²) < 4.78 is 0. The van der Waals surface area contributed by atoms with E-state index in [-0.39, 0.29) is 5.92 Å². The minimum atomic E-state index is 0.242. The lowest BCUT2D eigenvalue weighted by atomic mass is 9.68. The fourth-order valence-corrected chi connectivity index (χ4v) is 4.79. The van der Waals surface area contributed by atoms with Gasteiger partial charge in [0.1, 0.15) is 0 Å². The molecule has 4 rings (SSSR count). The fraction of sp³-hybridized carbons (Fsp3) is 0.409. The van der Waals surface area contributed by atoms with Crippen molar-refractivity contribution in [1.82, 2.24) is 0 Å². The van der Waals surface area contributed by atoms with Crippen molar-refractivity contribution in [1.29, 1.82) is 0 Å². The van der Waals surface area contributed by atoms with Crippen LogP contribution in [0.1, 0.15) is 59.5 Å². The molecule has 2 aromatic carbocycles. The third-order valence-corrected chi connectivity index (χ3v) is 6.28. The molecule has 2 aliphatic carbocycles. The molecular weight excluding hydrogens is 316 g/mol. The first-order valence-electron chi connectivity index (χ1n) is 9.10. The van der Waals surface area contributed by atoms with Gasteiger partial charge < -0.3 is 0 Å². The van der Waals surface area contributed by atoms with E-state index in [1.807, 2.05) is 30.3 Å². The molecule has 124 valence electrons. The summed E-state index contributed by atoms with van der Waals surface area (Å²) in [5, 5.41) is 0.805. The van der Waals surface area contributed by atoms with Crippen LogP contribution in [0, 0.1) is 11.8 Å². The van der Waals surface area contributed by atoms with Crippen molar-refractivity contribution in [2.45, 2.75) is 44.4 Å². The van der Waals surface area contributed by atoms with Gasteiger partial charge in [0.05, 0.1) is 0 Å². The number of rotatable bonds is 2. The average molecular weight is 339 g/mol.